The highest BCUT2D eigenvalue weighted by atomic mass is 35.5. The summed E-state index contributed by atoms with van der Waals surface area (Å²) >= 11 is 12.4. The van der Waals surface area contributed by atoms with E-state index in [1.807, 2.05) is 0 Å². The van der Waals surface area contributed by atoms with E-state index >= 15 is 0 Å². The third kappa shape index (κ3) is 7.17. The smallest absolute Gasteiger partial charge is 0.271 e. The molecule has 36 heavy (non-hydrogen) atoms. The van der Waals surface area contributed by atoms with Gasteiger partial charge in [0.25, 0.3) is 17.5 Å². The number of hydrazone groups is 1. The number of hydrogen-bond donors (Lipinski definition) is 2. The van der Waals surface area contributed by atoms with Gasteiger partial charge in [-0.05, 0) is 42.8 Å². The van der Waals surface area contributed by atoms with Gasteiger partial charge in [0.15, 0.2) is 18.1 Å². The highest BCUT2D eigenvalue weighted by molar-refractivity contribution is 6.33. The second-order valence-electron chi connectivity index (χ2n) is 7.09. The minimum absolute atomic E-state index is 0.0770. The maximum atomic E-state index is 12.3. The number of ether oxygens (including phenoxy) is 2. The van der Waals surface area contributed by atoms with Crippen molar-refractivity contribution in [2.75, 3.05) is 18.5 Å². The minimum atomic E-state index is -0.629. The van der Waals surface area contributed by atoms with Crippen LogP contribution in [0.4, 0.5) is 11.4 Å². The van der Waals surface area contributed by atoms with Crippen LogP contribution >= 0.6 is 23.2 Å². The van der Waals surface area contributed by atoms with E-state index in [1.165, 1.54) is 30.5 Å². The number of nitrogens with zero attached hydrogens (tertiary/aromatic N) is 2. The highest BCUT2D eigenvalue weighted by Crippen LogP contribution is 2.36. The number of non-ortho nitro benzene ring substituents is 1. The van der Waals surface area contributed by atoms with Crippen LogP contribution in [0.15, 0.2) is 65.8 Å². The molecule has 0 unspecified atom stereocenters. The SMILES string of the molecule is CCOc1cc(/C=N/NC(=O)c2cccc([N+](=O)[O-])c2)cc(Cl)c1OCC(=O)Nc1ccccc1Cl. The zero-order valence-corrected chi connectivity index (χ0v) is 20.4. The number of carbonyl (C=O) groups is 2. The van der Waals surface area contributed by atoms with Crippen LogP contribution in [0.3, 0.4) is 0 Å². The van der Waals surface area contributed by atoms with E-state index in [1.54, 1.807) is 37.3 Å². The molecule has 0 bridgehead atoms. The summed E-state index contributed by atoms with van der Waals surface area (Å²) < 4.78 is 11.2. The van der Waals surface area contributed by atoms with E-state index in [-0.39, 0.29) is 34.4 Å². The molecule has 0 aliphatic carbocycles. The number of rotatable bonds is 10. The molecule has 3 aromatic rings. The lowest BCUT2D eigenvalue weighted by atomic mass is 10.2. The summed E-state index contributed by atoms with van der Waals surface area (Å²) in [5.74, 6) is -0.653. The van der Waals surface area contributed by atoms with E-state index in [0.717, 1.165) is 6.07 Å². The molecule has 0 aromatic heterocycles. The second kappa shape index (κ2) is 12.5. The van der Waals surface area contributed by atoms with E-state index < -0.39 is 16.7 Å². The molecule has 3 aromatic carbocycles. The lowest BCUT2D eigenvalue weighted by molar-refractivity contribution is -0.384. The lowest BCUT2D eigenvalue weighted by Gasteiger charge is -2.14. The maximum absolute atomic E-state index is 12.3. The second-order valence-corrected chi connectivity index (χ2v) is 7.90. The van der Waals surface area contributed by atoms with Crippen molar-refractivity contribution in [2.45, 2.75) is 6.92 Å². The zero-order chi connectivity index (χ0) is 26.1. The van der Waals surface area contributed by atoms with Crippen LogP contribution in [0, 0.1) is 10.1 Å². The van der Waals surface area contributed by atoms with Crippen LogP contribution in [0.25, 0.3) is 0 Å². The standard InChI is InChI=1S/C24H20Cl2N4O6/c1-2-35-21-11-15(13-27-29-24(32)16-6-5-7-17(12-16)30(33)34)10-19(26)23(21)36-14-22(31)28-20-9-4-3-8-18(20)25/h3-13H,2,14H2,1H3,(H,28,31)(H,29,32)/b27-13+. The average Bonchev–Trinajstić information content (AvgIpc) is 2.85. The zero-order valence-electron chi connectivity index (χ0n) is 18.9. The summed E-state index contributed by atoms with van der Waals surface area (Å²) in [5.41, 5.74) is 3.08. The molecule has 2 amide bonds. The first-order valence-electron chi connectivity index (χ1n) is 10.5. The van der Waals surface area contributed by atoms with Crippen molar-refractivity contribution in [2.24, 2.45) is 5.10 Å². The Hall–Kier alpha value is -4.15. The number of amides is 2. The Balaban J connectivity index is 1.67. The summed E-state index contributed by atoms with van der Waals surface area (Å²) in [7, 11) is 0. The number of nitrogens with one attached hydrogen (secondary N) is 2. The summed E-state index contributed by atoms with van der Waals surface area (Å²) in [5, 5.41) is 17.9. The van der Waals surface area contributed by atoms with Crippen molar-refractivity contribution < 1.29 is 24.0 Å². The summed E-state index contributed by atoms with van der Waals surface area (Å²) in [4.78, 5) is 34.8. The Kier molecular flexibility index (Phi) is 9.20. The van der Waals surface area contributed by atoms with Crippen molar-refractivity contribution in [3.63, 3.8) is 0 Å². The molecule has 0 aliphatic rings. The van der Waals surface area contributed by atoms with Crippen LogP contribution in [0.1, 0.15) is 22.8 Å². The molecule has 0 saturated heterocycles. The molecule has 0 saturated carbocycles. The van der Waals surface area contributed by atoms with Gasteiger partial charge in [0.05, 0.1) is 33.5 Å². The van der Waals surface area contributed by atoms with Gasteiger partial charge in [0.2, 0.25) is 0 Å². The number of hydrogen-bond acceptors (Lipinski definition) is 7. The molecular formula is C24H20Cl2N4O6. The van der Waals surface area contributed by atoms with Crippen molar-refractivity contribution >= 4 is 52.6 Å². The maximum Gasteiger partial charge on any atom is 0.271 e. The minimum Gasteiger partial charge on any atom is -0.490 e. The van der Waals surface area contributed by atoms with Crippen molar-refractivity contribution in [1.29, 1.82) is 0 Å². The van der Waals surface area contributed by atoms with Gasteiger partial charge in [-0.2, -0.15) is 5.10 Å². The largest absolute Gasteiger partial charge is 0.490 e. The number of benzene rings is 3. The molecule has 0 aliphatic heterocycles. The topological polar surface area (TPSA) is 132 Å². The third-order valence-corrected chi connectivity index (χ3v) is 5.14. The first-order valence-corrected chi connectivity index (χ1v) is 11.3. The van der Waals surface area contributed by atoms with Gasteiger partial charge >= 0.3 is 0 Å². The highest BCUT2D eigenvalue weighted by Gasteiger charge is 2.15. The predicted molar refractivity (Wildman–Crippen MR) is 136 cm³/mol. The monoisotopic (exact) mass is 530 g/mol. The Morgan fingerprint density at radius 3 is 2.56 bits per heavy atom. The summed E-state index contributed by atoms with van der Waals surface area (Å²) in [6.07, 6.45) is 1.32. The molecule has 0 radical (unpaired) electrons. The van der Waals surface area contributed by atoms with Gasteiger partial charge in [0.1, 0.15) is 0 Å². The average molecular weight is 531 g/mol. The molecule has 12 heteroatoms. The molecule has 0 atom stereocenters. The van der Waals surface area contributed by atoms with Crippen LogP contribution in [0.2, 0.25) is 10.0 Å². The lowest BCUT2D eigenvalue weighted by Crippen LogP contribution is -2.20. The quantitative estimate of drug-likeness (QED) is 0.213. The van der Waals surface area contributed by atoms with Gasteiger partial charge < -0.3 is 14.8 Å². The fraction of sp³-hybridized carbons (Fsp3) is 0.125. The van der Waals surface area contributed by atoms with Crippen LogP contribution < -0.4 is 20.2 Å². The predicted octanol–water partition coefficient (Wildman–Crippen LogP) is 5.08. The Bertz CT molecular complexity index is 1320. The molecule has 0 heterocycles. The van der Waals surface area contributed by atoms with Gasteiger partial charge in [-0.25, -0.2) is 5.43 Å². The third-order valence-electron chi connectivity index (χ3n) is 4.53. The molecule has 2 N–H and O–H groups in total. The van der Waals surface area contributed by atoms with Gasteiger partial charge in [-0.3, -0.25) is 19.7 Å². The molecule has 186 valence electrons. The number of para-hydroxylation sites is 1. The van der Waals surface area contributed by atoms with Gasteiger partial charge in [-0.1, -0.05) is 41.4 Å². The number of anilines is 1. The van der Waals surface area contributed by atoms with Crippen molar-refractivity contribution in [1.82, 2.24) is 5.43 Å². The fourth-order valence-electron chi connectivity index (χ4n) is 2.94. The van der Waals surface area contributed by atoms with E-state index in [9.17, 15) is 19.7 Å². The summed E-state index contributed by atoms with van der Waals surface area (Å²) in [6.45, 7) is 1.71. The van der Waals surface area contributed by atoms with E-state index in [0.29, 0.717) is 22.9 Å². The van der Waals surface area contributed by atoms with Gasteiger partial charge in [-0.15, -0.1) is 0 Å². The van der Waals surface area contributed by atoms with E-state index in [2.05, 4.69) is 15.8 Å². The molecule has 3 rings (SSSR count). The Labute approximate surface area is 216 Å². The fourth-order valence-corrected chi connectivity index (χ4v) is 3.40. The number of nitro groups is 1. The Morgan fingerprint density at radius 2 is 1.83 bits per heavy atom. The molecule has 10 nitrogen and oxygen atoms in total. The normalized spacial score (nSPS) is 10.6. The van der Waals surface area contributed by atoms with Crippen molar-refractivity contribution in [3.8, 4) is 11.5 Å². The Morgan fingerprint density at radius 1 is 1.06 bits per heavy atom. The van der Waals surface area contributed by atoms with Crippen LogP contribution in [0.5, 0.6) is 11.5 Å². The van der Waals surface area contributed by atoms with Crippen LogP contribution in [-0.4, -0.2) is 36.2 Å². The van der Waals surface area contributed by atoms with Crippen LogP contribution in [-0.2, 0) is 4.79 Å². The number of carbonyl (C=O) groups excluding carboxylic acids is 2. The molecule has 0 fully saturated rings. The number of halogens is 2. The number of nitro benzene ring substituents is 1. The first kappa shape index (κ1) is 26.5. The van der Waals surface area contributed by atoms with Gasteiger partial charge in [0, 0.05) is 17.7 Å². The van der Waals surface area contributed by atoms with E-state index in [4.69, 9.17) is 32.7 Å². The molecule has 0 spiro atoms. The molecular weight excluding hydrogens is 511 g/mol. The summed E-state index contributed by atoms with van der Waals surface area (Å²) in [6, 6.07) is 15.1. The van der Waals surface area contributed by atoms with Crippen molar-refractivity contribution in [3.05, 3.63) is 92.0 Å². The first-order chi connectivity index (χ1) is 17.3.